The fourth-order valence-electron chi connectivity index (χ4n) is 1.23. The van der Waals surface area contributed by atoms with Crippen LogP contribution in [0.1, 0.15) is 32.8 Å². The first-order chi connectivity index (χ1) is 6.24. The molecule has 0 radical (unpaired) electrons. The van der Waals surface area contributed by atoms with Gasteiger partial charge in [-0.1, -0.05) is 20.3 Å². The van der Waals surface area contributed by atoms with Crippen LogP contribution < -0.4 is 5.32 Å². The lowest BCUT2D eigenvalue weighted by Crippen LogP contribution is -2.31. The predicted octanol–water partition coefficient (Wildman–Crippen LogP) is 3.27. The van der Waals surface area contributed by atoms with Crippen molar-refractivity contribution < 1.29 is 0 Å². The Morgan fingerprint density at radius 3 is 2.77 bits per heavy atom. The van der Waals surface area contributed by atoms with Crippen LogP contribution in [0.5, 0.6) is 0 Å². The summed E-state index contributed by atoms with van der Waals surface area (Å²) in [5, 5.41) is 7.88. The van der Waals surface area contributed by atoms with E-state index in [1.54, 1.807) is 11.3 Å². The Morgan fingerprint density at radius 2 is 2.23 bits per heavy atom. The second kappa shape index (κ2) is 5.40. The lowest BCUT2D eigenvalue weighted by molar-refractivity contribution is 0.390. The molecule has 0 saturated carbocycles. The lowest BCUT2D eigenvalue weighted by Gasteiger charge is -2.19. The van der Waals surface area contributed by atoms with E-state index in [9.17, 15) is 0 Å². The summed E-state index contributed by atoms with van der Waals surface area (Å²) in [4.78, 5) is 0. The summed E-state index contributed by atoms with van der Waals surface area (Å²) >= 11 is 1.77. The Bertz CT molecular complexity index is 218. The first kappa shape index (κ1) is 10.7. The van der Waals surface area contributed by atoms with Crippen LogP contribution in [-0.2, 0) is 6.54 Å². The summed E-state index contributed by atoms with van der Waals surface area (Å²) in [6, 6.07) is 2.80. The molecule has 1 rings (SSSR count). The molecule has 0 aliphatic heterocycles. The molecule has 0 amide bonds. The molecule has 0 aliphatic rings. The zero-order valence-corrected chi connectivity index (χ0v) is 9.53. The Labute approximate surface area is 85.2 Å². The highest BCUT2D eigenvalue weighted by Crippen LogP contribution is 2.09. The van der Waals surface area contributed by atoms with Crippen LogP contribution in [0.25, 0.3) is 0 Å². The molecule has 2 heteroatoms. The fourth-order valence-corrected chi connectivity index (χ4v) is 1.90. The molecule has 0 fully saturated rings. The number of hydrogen-bond donors (Lipinski definition) is 1. The maximum absolute atomic E-state index is 3.54. The first-order valence-electron chi connectivity index (χ1n) is 4.98. The Hall–Kier alpha value is -0.340. The van der Waals surface area contributed by atoms with Gasteiger partial charge in [0.1, 0.15) is 0 Å². The van der Waals surface area contributed by atoms with Crippen molar-refractivity contribution in [2.45, 2.75) is 39.8 Å². The van der Waals surface area contributed by atoms with E-state index in [2.05, 4.69) is 42.9 Å². The summed E-state index contributed by atoms with van der Waals surface area (Å²) < 4.78 is 0. The van der Waals surface area contributed by atoms with Crippen LogP contribution in [0.4, 0.5) is 0 Å². The minimum atomic E-state index is 0.616. The van der Waals surface area contributed by atoms with Gasteiger partial charge in [-0.15, -0.1) is 0 Å². The minimum absolute atomic E-state index is 0.616. The van der Waals surface area contributed by atoms with Crippen molar-refractivity contribution in [1.29, 1.82) is 0 Å². The van der Waals surface area contributed by atoms with Gasteiger partial charge in [-0.3, -0.25) is 0 Å². The summed E-state index contributed by atoms with van der Waals surface area (Å²) in [7, 11) is 0. The van der Waals surface area contributed by atoms with Gasteiger partial charge < -0.3 is 5.32 Å². The van der Waals surface area contributed by atoms with Crippen molar-refractivity contribution in [2.75, 3.05) is 0 Å². The summed E-state index contributed by atoms with van der Waals surface area (Å²) in [5.74, 6) is 0.763. The monoisotopic (exact) mass is 197 g/mol. The molecule has 0 bridgehead atoms. The zero-order valence-electron chi connectivity index (χ0n) is 8.71. The van der Waals surface area contributed by atoms with Crippen molar-refractivity contribution in [1.82, 2.24) is 5.32 Å². The number of nitrogens with one attached hydrogen (secondary N) is 1. The SMILES string of the molecule is CCC(C)C(C)NCc1ccsc1. The van der Waals surface area contributed by atoms with Crippen LogP contribution in [0.3, 0.4) is 0 Å². The summed E-state index contributed by atoms with van der Waals surface area (Å²) in [6.07, 6.45) is 1.25. The van der Waals surface area contributed by atoms with Gasteiger partial charge in [-0.2, -0.15) is 11.3 Å². The highest BCUT2D eigenvalue weighted by molar-refractivity contribution is 7.07. The Balaban J connectivity index is 2.26. The molecule has 0 saturated heterocycles. The molecule has 2 unspecified atom stereocenters. The first-order valence-corrected chi connectivity index (χ1v) is 5.92. The molecule has 74 valence electrons. The van der Waals surface area contributed by atoms with Gasteiger partial charge in [0.15, 0.2) is 0 Å². The van der Waals surface area contributed by atoms with E-state index in [0.717, 1.165) is 12.5 Å². The van der Waals surface area contributed by atoms with Gasteiger partial charge in [-0.05, 0) is 35.2 Å². The average Bonchev–Trinajstić information content (AvgIpc) is 2.65. The molecule has 1 N–H and O–H groups in total. The standard InChI is InChI=1S/C11H19NS/c1-4-9(2)10(3)12-7-11-5-6-13-8-11/h5-6,8-10,12H,4,7H2,1-3H3. The van der Waals surface area contributed by atoms with Gasteiger partial charge in [0.05, 0.1) is 0 Å². The lowest BCUT2D eigenvalue weighted by atomic mass is 10.0. The van der Waals surface area contributed by atoms with Crippen LogP contribution in [0, 0.1) is 5.92 Å². The molecular formula is C11H19NS. The smallest absolute Gasteiger partial charge is 0.0216 e. The average molecular weight is 197 g/mol. The molecule has 0 aliphatic carbocycles. The summed E-state index contributed by atoms with van der Waals surface area (Å²) in [5.41, 5.74) is 1.40. The quantitative estimate of drug-likeness (QED) is 0.764. The molecule has 1 nitrogen and oxygen atoms in total. The third kappa shape index (κ3) is 3.49. The maximum atomic E-state index is 3.54. The fraction of sp³-hybridized carbons (Fsp3) is 0.636. The normalized spacial score (nSPS) is 15.6. The van der Waals surface area contributed by atoms with Crippen LogP contribution in [0.2, 0.25) is 0 Å². The molecule has 2 atom stereocenters. The van der Waals surface area contributed by atoms with E-state index < -0.39 is 0 Å². The highest BCUT2D eigenvalue weighted by atomic mass is 32.1. The van der Waals surface area contributed by atoms with Crippen molar-refractivity contribution in [3.8, 4) is 0 Å². The third-order valence-corrected chi connectivity index (χ3v) is 3.44. The Kier molecular flexibility index (Phi) is 4.46. The molecular weight excluding hydrogens is 178 g/mol. The van der Waals surface area contributed by atoms with E-state index >= 15 is 0 Å². The van der Waals surface area contributed by atoms with Crippen molar-refractivity contribution in [2.24, 2.45) is 5.92 Å². The second-order valence-electron chi connectivity index (χ2n) is 3.69. The van der Waals surface area contributed by atoms with Crippen LogP contribution in [-0.4, -0.2) is 6.04 Å². The molecule has 0 spiro atoms. The number of rotatable bonds is 5. The van der Waals surface area contributed by atoms with Crippen LogP contribution in [0.15, 0.2) is 16.8 Å². The van der Waals surface area contributed by atoms with Gasteiger partial charge >= 0.3 is 0 Å². The van der Waals surface area contributed by atoms with Crippen molar-refractivity contribution in [3.63, 3.8) is 0 Å². The molecule has 13 heavy (non-hydrogen) atoms. The van der Waals surface area contributed by atoms with Crippen molar-refractivity contribution in [3.05, 3.63) is 22.4 Å². The maximum Gasteiger partial charge on any atom is 0.0216 e. The van der Waals surface area contributed by atoms with E-state index in [-0.39, 0.29) is 0 Å². The second-order valence-corrected chi connectivity index (χ2v) is 4.47. The van der Waals surface area contributed by atoms with E-state index in [1.807, 2.05) is 0 Å². The van der Waals surface area contributed by atoms with Gasteiger partial charge in [-0.25, -0.2) is 0 Å². The van der Waals surface area contributed by atoms with E-state index in [4.69, 9.17) is 0 Å². The van der Waals surface area contributed by atoms with Gasteiger partial charge in [0, 0.05) is 12.6 Å². The van der Waals surface area contributed by atoms with Crippen molar-refractivity contribution >= 4 is 11.3 Å². The highest BCUT2D eigenvalue weighted by Gasteiger charge is 2.08. The third-order valence-electron chi connectivity index (χ3n) is 2.71. The molecule has 0 aromatic carbocycles. The molecule has 1 aromatic heterocycles. The zero-order chi connectivity index (χ0) is 9.68. The van der Waals surface area contributed by atoms with Crippen LogP contribution >= 0.6 is 11.3 Å². The number of hydrogen-bond acceptors (Lipinski definition) is 2. The van der Waals surface area contributed by atoms with E-state index in [0.29, 0.717) is 6.04 Å². The molecule has 1 aromatic rings. The summed E-state index contributed by atoms with van der Waals surface area (Å²) in [6.45, 7) is 7.81. The van der Waals surface area contributed by atoms with Gasteiger partial charge in [0.2, 0.25) is 0 Å². The Morgan fingerprint density at radius 1 is 1.46 bits per heavy atom. The largest absolute Gasteiger partial charge is 0.310 e. The topological polar surface area (TPSA) is 12.0 Å². The van der Waals surface area contributed by atoms with E-state index in [1.165, 1.54) is 12.0 Å². The minimum Gasteiger partial charge on any atom is -0.310 e. The van der Waals surface area contributed by atoms with Gasteiger partial charge in [0.25, 0.3) is 0 Å². The number of thiophene rings is 1. The predicted molar refractivity (Wildman–Crippen MR) is 60.1 cm³/mol. The molecule has 1 heterocycles.